The molecule has 0 aliphatic carbocycles. The topological polar surface area (TPSA) is 16.1 Å². The highest BCUT2D eigenvalue weighted by Crippen LogP contribution is 2.27. The molecule has 2 aromatic rings. The lowest BCUT2D eigenvalue weighted by Gasteiger charge is -2.29. The predicted octanol–water partition coefficient (Wildman–Crippen LogP) is 3.76. The average molecular weight is 271 g/mol. The summed E-state index contributed by atoms with van der Waals surface area (Å²) in [6, 6.07) is 14.4. The summed E-state index contributed by atoms with van der Waals surface area (Å²) in [5.41, 5.74) is 4.54. The molecule has 0 saturated carbocycles. The highest BCUT2D eigenvalue weighted by atomic mass is 35.5. The van der Waals surface area contributed by atoms with Crippen LogP contribution in [0.2, 0.25) is 5.15 Å². The number of aromatic nitrogens is 1. The zero-order valence-corrected chi connectivity index (χ0v) is 11.4. The summed E-state index contributed by atoms with van der Waals surface area (Å²) in [4.78, 5) is 6.75. The summed E-state index contributed by atoms with van der Waals surface area (Å²) in [7, 11) is 0. The maximum atomic E-state index is 5.94. The first-order valence-corrected chi connectivity index (χ1v) is 6.70. The first-order valence-electron chi connectivity index (χ1n) is 6.32. The van der Waals surface area contributed by atoms with Crippen molar-refractivity contribution in [2.75, 3.05) is 6.54 Å². The smallest absolute Gasteiger partial charge is 0.129 e. The number of benzene rings is 1. The van der Waals surface area contributed by atoms with Crippen molar-refractivity contribution in [1.82, 2.24) is 9.88 Å². The molecule has 0 spiro atoms. The van der Waals surface area contributed by atoms with Crippen molar-refractivity contribution in [1.29, 1.82) is 0 Å². The van der Waals surface area contributed by atoms with Gasteiger partial charge in [0.2, 0.25) is 0 Å². The van der Waals surface area contributed by atoms with E-state index in [2.05, 4.69) is 40.7 Å². The largest absolute Gasteiger partial charge is 0.290 e. The van der Waals surface area contributed by atoms with E-state index in [0.717, 1.165) is 30.9 Å². The predicted molar refractivity (Wildman–Crippen MR) is 78.8 cm³/mol. The third kappa shape index (κ3) is 2.70. The molecule has 1 aliphatic rings. The molecule has 0 bridgehead atoms. The summed E-state index contributed by atoms with van der Waals surface area (Å²) in [5.74, 6) is 0. The van der Waals surface area contributed by atoms with Gasteiger partial charge in [0, 0.05) is 19.6 Å². The Hall–Kier alpha value is -1.64. The van der Waals surface area contributed by atoms with Crippen LogP contribution in [0, 0.1) is 0 Å². The Bertz CT molecular complexity index is 607. The van der Waals surface area contributed by atoms with Crippen LogP contribution >= 0.6 is 11.6 Å². The molecule has 1 aromatic heterocycles. The summed E-state index contributed by atoms with van der Waals surface area (Å²) in [5, 5.41) is 0.538. The second-order valence-electron chi connectivity index (χ2n) is 4.88. The van der Waals surface area contributed by atoms with Crippen LogP contribution in [0.15, 0.2) is 49.0 Å². The molecule has 19 heavy (non-hydrogen) atoms. The Kier molecular flexibility index (Phi) is 3.36. The number of nitrogens with zero attached hydrogens (tertiary/aromatic N) is 2. The SMILES string of the molecule is C=C1CN(Cc2ccccc2)Cc2ccc(Cl)nc21. The first kappa shape index (κ1) is 12.4. The molecule has 0 fully saturated rings. The lowest BCUT2D eigenvalue weighted by Crippen LogP contribution is -2.29. The molecule has 96 valence electrons. The summed E-state index contributed by atoms with van der Waals surface area (Å²) in [6.07, 6.45) is 0. The first-order chi connectivity index (χ1) is 9.22. The fraction of sp³-hybridized carbons (Fsp3) is 0.188. The van der Waals surface area contributed by atoms with Gasteiger partial charge in [0.05, 0.1) is 5.69 Å². The van der Waals surface area contributed by atoms with Gasteiger partial charge in [-0.25, -0.2) is 4.98 Å². The van der Waals surface area contributed by atoms with E-state index < -0.39 is 0 Å². The van der Waals surface area contributed by atoms with Crippen LogP contribution in [-0.4, -0.2) is 16.4 Å². The normalized spacial score (nSPS) is 15.3. The van der Waals surface area contributed by atoms with E-state index in [4.69, 9.17) is 11.6 Å². The third-order valence-corrected chi connectivity index (χ3v) is 3.55. The summed E-state index contributed by atoms with van der Waals surface area (Å²) >= 11 is 5.94. The summed E-state index contributed by atoms with van der Waals surface area (Å²) < 4.78 is 0. The van der Waals surface area contributed by atoms with Gasteiger partial charge in [0.1, 0.15) is 5.15 Å². The molecule has 0 amide bonds. The molecule has 1 aliphatic heterocycles. The zero-order valence-electron chi connectivity index (χ0n) is 10.6. The van der Waals surface area contributed by atoms with Crippen molar-refractivity contribution in [2.45, 2.75) is 13.1 Å². The highest BCUT2D eigenvalue weighted by molar-refractivity contribution is 6.29. The molecule has 0 atom stereocenters. The second-order valence-corrected chi connectivity index (χ2v) is 5.26. The van der Waals surface area contributed by atoms with Crippen LogP contribution in [0.5, 0.6) is 0 Å². The fourth-order valence-corrected chi connectivity index (χ4v) is 2.64. The van der Waals surface area contributed by atoms with Gasteiger partial charge in [-0.15, -0.1) is 0 Å². The zero-order chi connectivity index (χ0) is 13.2. The lowest BCUT2D eigenvalue weighted by atomic mass is 10.0. The number of pyridine rings is 1. The van der Waals surface area contributed by atoms with Crippen LogP contribution < -0.4 is 0 Å². The Labute approximate surface area is 118 Å². The van der Waals surface area contributed by atoms with Crippen LogP contribution in [0.3, 0.4) is 0 Å². The fourth-order valence-electron chi connectivity index (χ4n) is 2.49. The third-order valence-electron chi connectivity index (χ3n) is 3.34. The van der Waals surface area contributed by atoms with Crippen molar-refractivity contribution >= 4 is 17.2 Å². The highest BCUT2D eigenvalue weighted by Gasteiger charge is 2.20. The number of halogens is 1. The summed E-state index contributed by atoms with van der Waals surface area (Å²) in [6.45, 7) is 6.80. The standard InChI is InChI=1S/C16H15ClN2/c1-12-9-19(10-13-5-3-2-4-6-13)11-14-7-8-15(17)18-16(12)14/h2-8H,1,9-11H2. The van der Waals surface area contributed by atoms with Crippen molar-refractivity contribution in [3.05, 3.63) is 71.0 Å². The minimum absolute atomic E-state index is 0.538. The molecular formula is C16H15ClN2. The van der Waals surface area contributed by atoms with Crippen molar-refractivity contribution in [2.24, 2.45) is 0 Å². The van der Waals surface area contributed by atoms with Gasteiger partial charge in [-0.3, -0.25) is 4.90 Å². The monoisotopic (exact) mass is 270 g/mol. The molecule has 2 nitrogen and oxygen atoms in total. The average Bonchev–Trinajstić information content (AvgIpc) is 2.41. The van der Waals surface area contributed by atoms with E-state index in [0.29, 0.717) is 5.15 Å². The molecule has 0 N–H and O–H groups in total. The Morgan fingerprint density at radius 3 is 2.68 bits per heavy atom. The van der Waals surface area contributed by atoms with E-state index in [1.807, 2.05) is 18.2 Å². The van der Waals surface area contributed by atoms with Crippen LogP contribution in [0.1, 0.15) is 16.8 Å². The van der Waals surface area contributed by atoms with Gasteiger partial charge in [0.25, 0.3) is 0 Å². The van der Waals surface area contributed by atoms with E-state index in [1.165, 1.54) is 11.1 Å². The van der Waals surface area contributed by atoms with Crippen molar-refractivity contribution in [3.8, 4) is 0 Å². The molecule has 2 heterocycles. The Morgan fingerprint density at radius 1 is 1.11 bits per heavy atom. The number of rotatable bonds is 2. The van der Waals surface area contributed by atoms with Crippen LogP contribution in [-0.2, 0) is 13.1 Å². The van der Waals surface area contributed by atoms with Gasteiger partial charge < -0.3 is 0 Å². The molecular weight excluding hydrogens is 256 g/mol. The van der Waals surface area contributed by atoms with Crippen molar-refractivity contribution in [3.63, 3.8) is 0 Å². The molecule has 0 unspecified atom stereocenters. The minimum atomic E-state index is 0.538. The number of hydrogen-bond acceptors (Lipinski definition) is 2. The van der Waals surface area contributed by atoms with Crippen molar-refractivity contribution < 1.29 is 0 Å². The Morgan fingerprint density at radius 2 is 1.89 bits per heavy atom. The van der Waals surface area contributed by atoms with Gasteiger partial charge in [0.15, 0.2) is 0 Å². The van der Waals surface area contributed by atoms with E-state index in [9.17, 15) is 0 Å². The molecule has 0 radical (unpaired) electrons. The van der Waals surface area contributed by atoms with Gasteiger partial charge in [-0.05, 0) is 22.8 Å². The van der Waals surface area contributed by atoms with E-state index >= 15 is 0 Å². The molecule has 0 saturated heterocycles. The molecule has 3 rings (SSSR count). The lowest BCUT2D eigenvalue weighted by molar-refractivity contribution is 0.282. The van der Waals surface area contributed by atoms with Crippen LogP contribution in [0.4, 0.5) is 0 Å². The van der Waals surface area contributed by atoms with E-state index in [-0.39, 0.29) is 0 Å². The minimum Gasteiger partial charge on any atom is -0.290 e. The van der Waals surface area contributed by atoms with E-state index in [1.54, 1.807) is 0 Å². The maximum Gasteiger partial charge on any atom is 0.129 e. The number of hydrogen-bond donors (Lipinski definition) is 0. The molecule has 1 aromatic carbocycles. The van der Waals surface area contributed by atoms with Gasteiger partial charge in [-0.2, -0.15) is 0 Å². The van der Waals surface area contributed by atoms with Gasteiger partial charge >= 0.3 is 0 Å². The van der Waals surface area contributed by atoms with Crippen LogP contribution in [0.25, 0.3) is 5.57 Å². The maximum absolute atomic E-state index is 5.94. The second kappa shape index (κ2) is 5.16. The van der Waals surface area contributed by atoms with Gasteiger partial charge in [-0.1, -0.05) is 54.6 Å². The number of fused-ring (bicyclic) bond motifs is 1. The molecule has 3 heteroatoms. The Balaban J connectivity index is 1.82. The quantitative estimate of drug-likeness (QED) is 0.773.